The number of ether oxygens (including phenoxy) is 2. The SMILES string of the molecule is C[C@H]1Cc2c(ccc([C@@H]3CN4CCN(C(=O)C5CCc6nc(N=CN=NN)ccc65)CC4CO3)c2F)C(=O)O1. The summed E-state index contributed by atoms with van der Waals surface area (Å²) in [5, 5.41) is 6.64. The molecule has 1 amide bonds. The number of nitrogens with zero attached hydrogens (tertiary/aromatic N) is 6. The summed E-state index contributed by atoms with van der Waals surface area (Å²) in [6, 6.07) is 7.01. The molecule has 2 fully saturated rings. The van der Waals surface area contributed by atoms with E-state index in [1.165, 1.54) is 6.34 Å². The van der Waals surface area contributed by atoms with Crippen molar-refractivity contribution in [3.8, 4) is 0 Å². The highest BCUT2D eigenvalue weighted by molar-refractivity contribution is 5.92. The molecule has 204 valence electrons. The molecule has 0 bridgehead atoms. The lowest BCUT2D eigenvalue weighted by Gasteiger charge is -2.46. The fraction of sp³-hybridized carbons (Fsp3) is 0.481. The van der Waals surface area contributed by atoms with E-state index in [0.717, 1.165) is 11.3 Å². The average molecular weight is 536 g/mol. The number of rotatable bonds is 4. The van der Waals surface area contributed by atoms with Crippen LogP contribution in [0.2, 0.25) is 0 Å². The normalized spacial score (nSPS) is 26.9. The fourth-order valence-corrected chi connectivity index (χ4v) is 6.14. The van der Waals surface area contributed by atoms with Crippen molar-refractivity contribution in [1.29, 1.82) is 0 Å². The first kappa shape index (κ1) is 25.5. The van der Waals surface area contributed by atoms with E-state index >= 15 is 4.39 Å². The predicted octanol–water partition coefficient (Wildman–Crippen LogP) is 2.62. The minimum absolute atomic E-state index is 0.0436. The van der Waals surface area contributed by atoms with Gasteiger partial charge in [-0.3, -0.25) is 9.69 Å². The van der Waals surface area contributed by atoms with Crippen LogP contribution in [0.5, 0.6) is 0 Å². The minimum Gasteiger partial charge on any atom is -0.459 e. The number of esters is 1. The van der Waals surface area contributed by atoms with Crippen molar-refractivity contribution in [2.75, 3.05) is 32.8 Å². The summed E-state index contributed by atoms with van der Waals surface area (Å²) in [6.45, 7) is 4.55. The number of hydrogen-bond donors (Lipinski definition) is 1. The Morgan fingerprint density at radius 3 is 2.90 bits per heavy atom. The number of carbonyl (C=O) groups is 2. The third-order valence-corrected chi connectivity index (χ3v) is 8.09. The van der Waals surface area contributed by atoms with Crippen LogP contribution in [0.15, 0.2) is 39.6 Å². The van der Waals surface area contributed by atoms with Gasteiger partial charge in [0.15, 0.2) is 5.82 Å². The zero-order valence-corrected chi connectivity index (χ0v) is 21.6. The molecule has 12 heteroatoms. The second-order valence-corrected chi connectivity index (χ2v) is 10.4. The van der Waals surface area contributed by atoms with Gasteiger partial charge in [0, 0.05) is 49.4 Å². The molecule has 2 aromatic rings. The minimum atomic E-state index is -0.482. The van der Waals surface area contributed by atoms with Crippen molar-refractivity contribution >= 4 is 24.0 Å². The highest BCUT2D eigenvalue weighted by atomic mass is 19.1. The number of aromatic nitrogens is 1. The Hall–Kier alpha value is -3.77. The van der Waals surface area contributed by atoms with Gasteiger partial charge in [-0.05, 0) is 37.5 Å². The van der Waals surface area contributed by atoms with Gasteiger partial charge in [-0.1, -0.05) is 17.4 Å². The summed E-state index contributed by atoms with van der Waals surface area (Å²) in [7, 11) is 0. The van der Waals surface area contributed by atoms with E-state index < -0.39 is 12.1 Å². The van der Waals surface area contributed by atoms with Crippen molar-refractivity contribution in [2.24, 2.45) is 21.2 Å². The summed E-state index contributed by atoms with van der Waals surface area (Å²) < 4.78 is 26.9. The molecule has 1 aromatic heterocycles. The van der Waals surface area contributed by atoms with Gasteiger partial charge in [-0.2, -0.15) is 0 Å². The van der Waals surface area contributed by atoms with Crippen LogP contribution in [0.1, 0.15) is 58.1 Å². The number of piperazine rings is 1. The number of nitrogens with two attached hydrogens (primary N) is 1. The number of halogens is 1. The number of hydrogen-bond acceptors (Lipinski definition) is 8. The molecule has 1 aromatic carbocycles. The van der Waals surface area contributed by atoms with Crippen molar-refractivity contribution in [3.05, 3.63) is 58.0 Å². The number of aliphatic imine (C=N–C) groups is 1. The standard InChI is InChI=1S/C27H30FN7O4/c1-15-10-21-19(27(37)39-15)2-3-20(25(21)28)23-12-34-8-9-35(11-16(34)13-38-23)26(36)18-4-6-22-17(18)5-7-24(32-22)30-14-31-33-29/h2-3,5,7,14-16,18,23H,4,6,8-13H2,1H3,(H2,29,30,31,32)/t15-,16?,18?,23-/m0/s1. The van der Waals surface area contributed by atoms with Crippen molar-refractivity contribution in [3.63, 3.8) is 0 Å². The first-order valence-electron chi connectivity index (χ1n) is 13.2. The van der Waals surface area contributed by atoms with Crippen molar-refractivity contribution in [2.45, 2.75) is 50.4 Å². The second-order valence-electron chi connectivity index (χ2n) is 10.4. The van der Waals surface area contributed by atoms with Gasteiger partial charge in [0.05, 0.1) is 30.2 Å². The largest absolute Gasteiger partial charge is 0.459 e. The number of pyridine rings is 1. The third kappa shape index (κ3) is 4.78. The number of aryl methyl sites for hydroxylation is 1. The molecular weight excluding hydrogens is 505 g/mol. The van der Waals surface area contributed by atoms with Gasteiger partial charge in [-0.25, -0.2) is 19.2 Å². The Kier molecular flexibility index (Phi) is 6.81. The maximum absolute atomic E-state index is 15.5. The Morgan fingerprint density at radius 1 is 1.21 bits per heavy atom. The first-order chi connectivity index (χ1) is 18.9. The van der Waals surface area contributed by atoms with E-state index in [2.05, 4.69) is 25.2 Å². The molecule has 1 aliphatic carbocycles. The summed E-state index contributed by atoms with van der Waals surface area (Å²) >= 11 is 0. The van der Waals surface area contributed by atoms with Gasteiger partial charge >= 0.3 is 5.97 Å². The lowest BCUT2D eigenvalue weighted by Crippen LogP contribution is -2.60. The van der Waals surface area contributed by atoms with E-state index in [1.54, 1.807) is 25.1 Å². The highest BCUT2D eigenvalue weighted by Crippen LogP contribution is 2.37. The molecule has 0 radical (unpaired) electrons. The Labute approximate surface area is 224 Å². The van der Waals surface area contributed by atoms with Crippen LogP contribution in [-0.2, 0) is 27.1 Å². The molecule has 3 aliphatic heterocycles. The first-order valence-corrected chi connectivity index (χ1v) is 13.2. The highest BCUT2D eigenvalue weighted by Gasteiger charge is 2.40. The lowest BCUT2D eigenvalue weighted by molar-refractivity contribution is -0.141. The van der Waals surface area contributed by atoms with Crippen LogP contribution in [0.4, 0.5) is 10.2 Å². The predicted molar refractivity (Wildman–Crippen MR) is 138 cm³/mol. The average Bonchev–Trinajstić information content (AvgIpc) is 3.36. The van der Waals surface area contributed by atoms with Crippen LogP contribution in [0, 0.1) is 5.82 Å². The molecule has 11 nitrogen and oxygen atoms in total. The van der Waals surface area contributed by atoms with Crippen LogP contribution in [0.3, 0.4) is 0 Å². The van der Waals surface area contributed by atoms with Crippen molar-refractivity contribution < 1.29 is 23.5 Å². The Morgan fingerprint density at radius 2 is 2.05 bits per heavy atom. The number of benzene rings is 1. The molecular formula is C27H30FN7O4. The van der Waals surface area contributed by atoms with Gasteiger partial charge in [0.25, 0.3) is 0 Å². The lowest BCUT2D eigenvalue weighted by atomic mass is 9.93. The van der Waals surface area contributed by atoms with Gasteiger partial charge in [0.1, 0.15) is 18.3 Å². The van der Waals surface area contributed by atoms with Crippen LogP contribution >= 0.6 is 0 Å². The summed E-state index contributed by atoms with van der Waals surface area (Å²) in [5.41, 5.74) is 3.00. The molecule has 2 N–H and O–H groups in total. The second kappa shape index (κ2) is 10.4. The number of carbonyl (C=O) groups excluding carboxylic acids is 2. The maximum atomic E-state index is 15.5. The van der Waals surface area contributed by atoms with Gasteiger partial charge < -0.3 is 20.2 Å². The van der Waals surface area contributed by atoms with Gasteiger partial charge in [0.2, 0.25) is 5.91 Å². The fourth-order valence-electron chi connectivity index (χ4n) is 6.14. The zero-order valence-electron chi connectivity index (χ0n) is 21.6. The van der Waals surface area contributed by atoms with E-state index in [9.17, 15) is 9.59 Å². The van der Waals surface area contributed by atoms with Crippen LogP contribution < -0.4 is 5.84 Å². The number of fused-ring (bicyclic) bond motifs is 3. The van der Waals surface area contributed by atoms with Crippen molar-refractivity contribution in [1.82, 2.24) is 14.8 Å². The quantitative estimate of drug-likeness (QED) is 0.159. The number of cyclic esters (lactones) is 1. The maximum Gasteiger partial charge on any atom is 0.338 e. The molecule has 6 rings (SSSR count). The van der Waals surface area contributed by atoms with E-state index in [-0.39, 0.29) is 29.8 Å². The molecule has 2 saturated heterocycles. The topological polar surface area (TPSA) is 135 Å². The summed E-state index contributed by atoms with van der Waals surface area (Å²) in [5.74, 6) is 4.50. The molecule has 4 aliphatic rings. The van der Waals surface area contributed by atoms with E-state index in [4.69, 9.17) is 15.3 Å². The smallest absolute Gasteiger partial charge is 0.338 e. The van der Waals surface area contributed by atoms with Gasteiger partial charge in [-0.15, -0.1) is 5.11 Å². The summed E-state index contributed by atoms with van der Waals surface area (Å²) in [6.07, 6.45) is 2.22. The monoisotopic (exact) mass is 535 g/mol. The molecule has 0 saturated carbocycles. The van der Waals surface area contributed by atoms with Crippen LogP contribution in [-0.4, -0.2) is 77.9 Å². The van der Waals surface area contributed by atoms with E-state index in [0.29, 0.717) is 74.6 Å². The Bertz CT molecular complexity index is 1370. The molecule has 4 atom stereocenters. The molecule has 2 unspecified atom stereocenters. The number of amides is 1. The number of morpholine rings is 1. The van der Waals surface area contributed by atoms with Crippen LogP contribution in [0.25, 0.3) is 0 Å². The molecule has 4 heterocycles. The Balaban J connectivity index is 1.11. The molecule has 39 heavy (non-hydrogen) atoms. The summed E-state index contributed by atoms with van der Waals surface area (Å²) in [4.78, 5) is 38.5. The third-order valence-electron chi connectivity index (χ3n) is 8.09. The van der Waals surface area contributed by atoms with E-state index in [1.807, 2.05) is 11.0 Å². The zero-order chi connectivity index (χ0) is 27.1. The molecule has 0 spiro atoms.